The van der Waals surface area contributed by atoms with Crippen molar-refractivity contribution in [3.63, 3.8) is 0 Å². The molecule has 0 saturated carbocycles. The Morgan fingerprint density at radius 3 is 2.25 bits per heavy atom. The molecule has 24 heavy (non-hydrogen) atoms. The Bertz CT molecular complexity index is 580. The normalized spacial score (nSPS) is 38.3. The fraction of sp³-hybridized carbons (Fsp3) is 0.700. The fourth-order valence-corrected chi connectivity index (χ4v) is 4.32. The predicted molar refractivity (Wildman–Crippen MR) is 94.9 cm³/mol. The Hall–Kier alpha value is -0.940. The van der Waals surface area contributed by atoms with Crippen molar-refractivity contribution < 1.29 is 14.1 Å². The molecule has 0 radical (unpaired) electrons. The molecule has 3 rings (SSSR count). The molecule has 4 nitrogen and oxygen atoms in total. The Morgan fingerprint density at radius 1 is 1.08 bits per heavy atom. The standard InChI is InChI=1S/C20H31NO3/c1-14-17-18(24-20(5,6)23-17)16(12-19(2,3)4)21(14,22)13-15-10-8-7-9-11-15/h7-11,14,16-18H,12-13H2,1-6H3/t14-,16-,17-,18+,21-/m1/s1. The molecule has 1 aromatic rings. The minimum Gasteiger partial charge on any atom is -0.632 e. The van der Waals surface area contributed by atoms with Gasteiger partial charge in [0.15, 0.2) is 5.79 Å². The number of hydrogen-bond acceptors (Lipinski definition) is 3. The second-order valence-corrected chi connectivity index (χ2v) is 9.14. The van der Waals surface area contributed by atoms with Crippen molar-refractivity contribution in [1.82, 2.24) is 0 Å². The molecule has 0 aromatic heterocycles. The number of rotatable bonds is 3. The third-order valence-corrected chi connectivity index (χ3v) is 5.36. The van der Waals surface area contributed by atoms with E-state index in [2.05, 4.69) is 20.8 Å². The number of ether oxygens (including phenoxy) is 2. The molecule has 0 spiro atoms. The first kappa shape index (κ1) is 17.9. The van der Waals surface area contributed by atoms with E-state index >= 15 is 0 Å². The Morgan fingerprint density at radius 2 is 1.67 bits per heavy atom. The summed E-state index contributed by atoms with van der Waals surface area (Å²) in [6.07, 6.45) is 0.567. The predicted octanol–water partition coefficient (Wildman–Crippen LogP) is 4.23. The SMILES string of the molecule is C[C@@H]1[C@H]2OC(C)(C)O[C@H]2[C@@H](CC(C)(C)C)[N@@+]1([O-])Cc1ccccc1. The van der Waals surface area contributed by atoms with Crippen molar-refractivity contribution in [1.29, 1.82) is 0 Å². The van der Waals surface area contributed by atoms with Gasteiger partial charge < -0.3 is 19.3 Å². The van der Waals surface area contributed by atoms with Gasteiger partial charge in [-0.15, -0.1) is 0 Å². The molecular formula is C20H31NO3. The van der Waals surface area contributed by atoms with Gasteiger partial charge in [0.2, 0.25) is 0 Å². The zero-order valence-corrected chi connectivity index (χ0v) is 15.8. The van der Waals surface area contributed by atoms with E-state index in [9.17, 15) is 5.21 Å². The largest absolute Gasteiger partial charge is 0.632 e. The van der Waals surface area contributed by atoms with Crippen LogP contribution in [0.15, 0.2) is 30.3 Å². The smallest absolute Gasteiger partial charge is 0.164 e. The Kier molecular flexibility index (Phi) is 4.32. The number of hydrogen-bond donors (Lipinski definition) is 0. The summed E-state index contributed by atoms with van der Waals surface area (Å²) in [5.74, 6) is -0.599. The van der Waals surface area contributed by atoms with Crippen molar-refractivity contribution in [3.05, 3.63) is 41.1 Å². The highest BCUT2D eigenvalue weighted by Gasteiger charge is 2.62. The highest BCUT2D eigenvalue weighted by molar-refractivity contribution is 5.14. The van der Waals surface area contributed by atoms with Crippen molar-refractivity contribution in [2.24, 2.45) is 5.41 Å². The van der Waals surface area contributed by atoms with E-state index in [4.69, 9.17) is 9.47 Å². The zero-order chi connectivity index (χ0) is 17.8. The van der Waals surface area contributed by atoms with Crippen LogP contribution in [0.3, 0.4) is 0 Å². The van der Waals surface area contributed by atoms with Crippen molar-refractivity contribution in [3.8, 4) is 0 Å². The van der Waals surface area contributed by atoms with Crippen LogP contribution in [0.4, 0.5) is 0 Å². The lowest BCUT2D eigenvalue weighted by Crippen LogP contribution is -2.55. The summed E-state index contributed by atoms with van der Waals surface area (Å²) < 4.78 is 12.1. The molecule has 2 aliphatic rings. The average molecular weight is 333 g/mol. The fourth-order valence-electron chi connectivity index (χ4n) is 4.32. The molecule has 1 aromatic carbocycles. The summed E-state index contributed by atoms with van der Waals surface area (Å²) in [5, 5.41) is 14.0. The number of fused-ring (bicyclic) bond motifs is 1. The van der Waals surface area contributed by atoms with Crippen LogP contribution < -0.4 is 0 Å². The van der Waals surface area contributed by atoms with Gasteiger partial charge in [-0.25, -0.2) is 0 Å². The molecule has 2 fully saturated rings. The summed E-state index contributed by atoms with van der Waals surface area (Å²) in [6.45, 7) is 13.0. The maximum absolute atomic E-state index is 14.0. The van der Waals surface area contributed by atoms with Crippen LogP contribution in [0.25, 0.3) is 0 Å². The van der Waals surface area contributed by atoms with Crippen molar-refractivity contribution in [2.45, 2.75) is 84.6 Å². The van der Waals surface area contributed by atoms with Gasteiger partial charge in [0.05, 0.1) is 0 Å². The number of likely N-dealkylation sites (tertiary alicyclic amines) is 1. The molecule has 0 N–H and O–H groups in total. The third kappa shape index (κ3) is 3.25. The van der Waals surface area contributed by atoms with E-state index in [1.165, 1.54) is 0 Å². The van der Waals surface area contributed by atoms with Gasteiger partial charge in [0, 0.05) is 12.0 Å². The molecule has 2 aliphatic heterocycles. The van der Waals surface area contributed by atoms with E-state index < -0.39 is 5.79 Å². The second-order valence-electron chi connectivity index (χ2n) is 9.14. The van der Waals surface area contributed by atoms with Crippen molar-refractivity contribution >= 4 is 0 Å². The van der Waals surface area contributed by atoms with Crippen LogP contribution in [-0.2, 0) is 16.0 Å². The number of hydroxylamine groups is 3. The molecule has 0 amide bonds. The molecule has 4 heteroatoms. The topological polar surface area (TPSA) is 41.5 Å². The van der Waals surface area contributed by atoms with Crippen LogP contribution in [0.1, 0.15) is 53.5 Å². The number of nitrogens with zero attached hydrogens (tertiary/aromatic N) is 1. The first-order valence-corrected chi connectivity index (χ1v) is 9.00. The third-order valence-electron chi connectivity index (χ3n) is 5.36. The highest BCUT2D eigenvalue weighted by atomic mass is 16.8. The van der Waals surface area contributed by atoms with Gasteiger partial charge in [0.1, 0.15) is 30.8 Å². The first-order chi connectivity index (χ1) is 11.0. The second kappa shape index (κ2) is 5.80. The lowest BCUT2D eigenvalue weighted by atomic mass is 9.86. The summed E-state index contributed by atoms with van der Waals surface area (Å²) in [7, 11) is 0. The summed E-state index contributed by atoms with van der Waals surface area (Å²) in [6, 6.07) is 9.83. The van der Waals surface area contributed by atoms with Crippen LogP contribution in [0, 0.1) is 10.6 Å². The Balaban J connectivity index is 1.94. The highest BCUT2D eigenvalue weighted by Crippen LogP contribution is 2.48. The van der Waals surface area contributed by atoms with Gasteiger partial charge in [-0.2, -0.15) is 0 Å². The number of benzene rings is 1. The summed E-state index contributed by atoms with van der Waals surface area (Å²) >= 11 is 0. The van der Waals surface area contributed by atoms with E-state index in [1.807, 2.05) is 51.1 Å². The summed E-state index contributed by atoms with van der Waals surface area (Å²) in [5.41, 5.74) is 1.15. The number of quaternary nitrogens is 1. The van der Waals surface area contributed by atoms with Crippen LogP contribution in [0.5, 0.6) is 0 Å². The molecule has 134 valence electrons. The van der Waals surface area contributed by atoms with Crippen molar-refractivity contribution in [2.75, 3.05) is 0 Å². The maximum atomic E-state index is 14.0. The monoisotopic (exact) mass is 333 g/mol. The lowest BCUT2D eigenvalue weighted by Gasteiger charge is -2.50. The average Bonchev–Trinajstić information content (AvgIpc) is 2.86. The maximum Gasteiger partial charge on any atom is 0.164 e. The minimum absolute atomic E-state index is 0.0694. The molecule has 2 saturated heterocycles. The van der Waals surface area contributed by atoms with Gasteiger partial charge in [0.25, 0.3) is 0 Å². The minimum atomic E-state index is -0.599. The molecule has 0 bridgehead atoms. The molecule has 5 atom stereocenters. The van der Waals surface area contributed by atoms with Crippen LogP contribution in [0.2, 0.25) is 0 Å². The van der Waals surface area contributed by atoms with E-state index in [-0.39, 0.29) is 34.4 Å². The van der Waals surface area contributed by atoms with Gasteiger partial charge in [-0.05, 0) is 26.2 Å². The van der Waals surface area contributed by atoms with Crippen LogP contribution in [-0.4, -0.2) is 34.7 Å². The van der Waals surface area contributed by atoms with Crippen LogP contribution >= 0.6 is 0 Å². The van der Waals surface area contributed by atoms with Gasteiger partial charge in [-0.1, -0.05) is 51.1 Å². The Labute approximate surface area is 145 Å². The molecule has 0 unspecified atom stereocenters. The molecule has 2 heterocycles. The quantitative estimate of drug-likeness (QED) is 0.614. The zero-order valence-electron chi connectivity index (χ0n) is 15.8. The summed E-state index contributed by atoms with van der Waals surface area (Å²) in [4.78, 5) is 0. The molecule has 0 aliphatic carbocycles. The first-order valence-electron chi connectivity index (χ1n) is 9.00. The van der Waals surface area contributed by atoms with Gasteiger partial charge >= 0.3 is 0 Å². The molecular weight excluding hydrogens is 302 g/mol. The van der Waals surface area contributed by atoms with E-state index in [1.54, 1.807) is 0 Å². The lowest BCUT2D eigenvalue weighted by molar-refractivity contribution is -0.931. The van der Waals surface area contributed by atoms with Gasteiger partial charge in [-0.3, -0.25) is 0 Å². The van der Waals surface area contributed by atoms with E-state index in [0.717, 1.165) is 12.0 Å². The van der Waals surface area contributed by atoms with E-state index in [0.29, 0.717) is 6.54 Å².